The number of methoxy groups -OCH3 is 1. The quantitative estimate of drug-likeness (QED) is 0.620. The zero-order valence-electron chi connectivity index (χ0n) is 18.3. The standard InChI is InChI=1S/C25H28N4O3/c1-31-22-4-2-3-17-5-8-21(25(17)22)28-23-10-6-18-15-19(7-9-20(18)27-23)26-24(30)16-29-11-13-32-14-12-29/h2-4,6-7,9-10,15,21H,5,8,11-14,16H2,1H3,(H,26,30)(H,27,28). The summed E-state index contributed by atoms with van der Waals surface area (Å²) in [7, 11) is 1.72. The van der Waals surface area contributed by atoms with Crippen LogP contribution in [0.1, 0.15) is 23.6 Å². The van der Waals surface area contributed by atoms with E-state index >= 15 is 0 Å². The molecule has 1 amide bonds. The number of carbonyl (C=O) groups excluding carboxylic acids is 1. The van der Waals surface area contributed by atoms with Crippen molar-refractivity contribution in [3.8, 4) is 5.75 Å². The summed E-state index contributed by atoms with van der Waals surface area (Å²) in [5, 5.41) is 7.57. The Labute approximate surface area is 187 Å². The monoisotopic (exact) mass is 432 g/mol. The van der Waals surface area contributed by atoms with Crippen molar-refractivity contribution in [3.05, 3.63) is 59.7 Å². The van der Waals surface area contributed by atoms with Crippen LogP contribution in [0, 0.1) is 0 Å². The third kappa shape index (κ3) is 4.40. The van der Waals surface area contributed by atoms with Crippen molar-refractivity contribution in [1.29, 1.82) is 0 Å². The molecular weight excluding hydrogens is 404 g/mol. The van der Waals surface area contributed by atoms with Gasteiger partial charge in [0.25, 0.3) is 0 Å². The molecule has 0 saturated carbocycles. The Kier molecular flexibility index (Phi) is 5.92. The number of carbonyl (C=O) groups is 1. The van der Waals surface area contributed by atoms with Crippen molar-refractivity contribution in [2.24, 2.45) is 0 Å². The van der Waals surface area contributed by atoms with Crippen LogP contribution in [0.5, 0.6) is 5.75 Å². The van der Waals surface area contributed by atoms with Crippen LogP contribution >= 0.6 is 0 Å². The number of pyridine rings is 1. The number of amides is 1. The van der Waals surface area contributed by atoms with Gasteiger partial charge in [0.15, 0.2) is 0 Å². The molecule has 1 fully saturated rings. The van der Waals surface area contributed by atoms with Gasteiger partial charge < -0.3 is 20.1 Å². The molecule has 166 valence electrons. The Morgan fingerprint density at radius 1 is 1.19 bits per heavy atom. The molecule has 1 unspecified atom stereocenters. The number of anilines is 2. The van der Waals surface area contributed by atoms with E-state index in [1.807, 2.05) is 42.5 Å². The maximum atomic E-state index is 12.4. The lowest BCUT2D eigenvalue weighted by molar-refractivity contribution is -0.118. The summed E-state index contributed by atoms with van der Waals surface area (Å²) < 4.78 is 10.9. The van der Waals surface area contributed by atoms with Crippen LogP contribution in [-0.2, 0) is 16.0 Å². The van der Waals surface area contributed by atoms with E-state index in [0.29, 0.717) is 19.8 Å². The fraction of sp³-hybridized carbons (Fsp3) is 0.360. The number of aryl methyl sites for hydroxylation is 1. The maximum Gasteiger partial charge on any atom is 0.238 e. The Balaban J connectivity index is 1.27. The number of hydrogen-bond acceptors (Lipinski definition) is 6. The minimum absolute atomic E-state index is 0.00802. The molecular formula is C25H28N4O3. The Morgan fingerprint density at radius 2 is 2.06 bits per heavy atom. The van der Waals surface area contributed by atoms with Crippen molar-refractivity contribution >= 4 is 28.3 Å². The number of fused-ring (bicyclic) bond motifs is 2. The highest BCUT2D eigenvalue weighted by Gasteiger charge is 2.26. The maximum absolute atomic E-state index is 12.4. The number of hydrogen-bond donors (Lipinski definition) is 2. The van der Waals surface area contributed by atoms with Gasteiger partial charge in [-0.25, -0.2) is 4.98 Å². The molecule has 1 aliphatic heterocycles. The molecule has 32 heavy (non-hydrogen) atoms. The van der Waals surface area contributed by atoms with E-state index in [2.05, 4.69) is 21.6 Å². The van der Waals surface area contributed by atoms with E-state index in [0.717, 1.165) is 54.1 Å². The average Bonchev–Trinajstić information content (AvgIpc) is 3.22. The second kappa shape index (κ2) is 9.14. The molecule has 2 N–H and O–H groups in total. The minimum atomic E-state index is -0.00802. The van der Waals surface area contributed by atoms with E-state index < -0.39 is 0 Å². The van der Waals surface area contributed by atoms with Crippen molar-refractivity contribution in [2.45, 2.75) is 18.9 Å². The fourth-order valence-electron chi connectivity index (χ4n) is 4.59. The smallest absolute Gasteiger partial charge is 0.238 e. The summed E-state index contributed by atoms with van der Waals surface area (Å²) in [6.45, 7) is 3.34. The summed E-state index contributed by atoms with van der Waals surface area (Å²) in [4.78, 5) is 19.3. The van der Waals surface area contributed by atoms with Gasteiger partial charge in [0, 0.05) is 29.7 Å². The summed E-state index contributed by atoms with van der Waals surface area (Å²) >= 11 is 0. The topological polar surface area (TPSA) is 75.7 Å². The minimum Gasteiger partial charge on any atom is -0.496 e. The number of nitrogens with zero attached hydrogens (tertiary/aromatic N) is 2. The third-order valence-corrected chi connectivity index (χ3v) is 6.19. The molecule has 1 aromatic heterocycles. The molecule has 0 bridgehead atoms. The highest BCUT2D eigenvalue weighted by atomic mass is 16.5. The fourth-order valence-corrected chi connectivity index (χ4v) is 4.59. The van der Waals surface area contributed by atoms with E-state index in [1.54, 1.807) is 7.11 Å². The molecule has 7 nitrogen and oxygen atoms in total. The lowest BCUT2D eigenvalue weighted by atomic mass is 10.1. The Hall–Kier alpha value is -3.16. The number of morpholine rings is 1. The van der Waals surface area contributed by atoms with Gasteiger partial charge >= 0.3 is 0 Å². The van der Waals surface area contributed by atoms with Crippen molar-refractivity contribution < 1.29 is 14.3 Å². The zero-order valence-corrected chi connectivity index (χ0v) is 18.3. The van der Waals surface area contributed by atoms with Gasteiger partial charge in [0.2, 0.25) is 5.91 Å². The lowest BCUT2D eigenvalue weighted by Gasteiger charge is -2.25. The molecule has 3 aromatic rings. The summed E-state index contributed by atoms with van der Waals surface area (Å²) in [6, 6.07) is 16.3. The second-order valence-corrected chi connectivity index (χ2v) is 8.31. The van der Waals surface area contributed by atoms with Gasteiger partial charge in [-0.3, -0.25) is 9.69 Å². The van der Waals surface area contributed by atoms with Gasteiger partial charge in [0.1, 0.15) is 11.6 Å². The first-order valence-corrected chi connectivity index (χ1v) is 11.1. The summed E-state index contributed by atoms with van der Waals surface area (Å²) in [5.74, 6) is 1.76. The predicted octanol–water partition coefficient (Wildman–Crippen LogP) is 3.61. The normalized spacial score (nSPS) is 18.3. The van der Waals surface area contributed by atoms with Gasteiger partial charge in [-0.15, -0.1) is 0 Å². The molecule has 2 heterocycles. The SMILES string of the molecule is COc1cccc2c1C(Nc1ccc3cc(NC(=O)CN4CCOCC4)ccc3n1)CC2. The third-order valence-electron chi connectivity index (χ3n) is 6.19. The van der Waals surface area contributed by atoms with Crippen LogP contribution in [0.25, 0.3) is 10.9 Å². The number of ether oxygens (including phenoxy) is 2. The molecule has 0 spiro atoms. The molecule has 7 heteroatoms. The molecule has 1 atom stereocenters. The average molecular weight is 433 g/mol. The number of rotatable bonds is 6. The van der Waals surface area contributed by atoms with Crippen molar-refractivity contribution in [1.82, 2.24) is 9.88 Å². The van der Waals surface area contributed by atoms with Gasteiger partial charge in [0.05, 0.1) is 38.4 Å². The molecule has 2 aromatic carbocycles. The number of aromatic nitrogens is 1. The summed E-state index contributed by atoms with van der Waals surface area (Å²) in [5.41, 5.74) is 4.24. The predicted molar refractivity (Wildman–Crippen MR) is 125 cm³/mol. The lowest BCUT2D eigenvalue weighted by Crippen LogP contribution is -2.41. The van der Waals surface area contributed by atoms with Crippen molar-refractivity contribution in [2.75, 3.05) is 50.6 Å². The largest absolute Gasteiger partial charge is 0.496 e. The van der Waals surface area contributed by atoms with Crippen LogP contribution in [0.2, 0.25) is 0 Å². The van der Waals surface area contributed by atoms with E-state index in [4.69, 9.17) is 14.5 Å². The number of benzene rings is 2. The van der Waals surface area contributed by atoms with Crippen LogP contribution in [0.15, 0.2) is 48.5 Å². The second-order valence-electron chi connectivity index (χ2n) is 8.31. The van der Waals surface area contributed by atoms with Crippen LogP contribution in [-0.4, -0.2) is 55.7 Å². The van der Waals surface area contributed by atoms with Crippen molar-refractivity contribution in [3.63, 3.8) is 0 Å². The van der Waals surface area contributed by atoms with E-state index in [9.17, 15) is 4.79 Å². The molecule has 0 radical (unpaired) electrons. The first-order valence-electron chi connectivity index (χ1n) is 11.1. The number of nitrogens with one attached hydrogen (secondary N) is 2. The van der Waals surface area contributed by atoms with E-state index in [1.165, 1.54) is 11.1 Å². The highest BCUT2D eigenvalue weighted by molar-refractivity contribution is 5.95. The Morgan fingerprint density at radius 3 is 2.91 bits per heavy atom. The highest BCUT2D eigenvalue weighted by Crippen LogP contribution is 2.39. The molecule has 1 aliphatic carbocycles. The molecule has 5 rings (SSSR count). The van der Waals surface area contributed by atoms with E-state index in [-0.39, 0.29) is 11.9 Å². The van der Waals surface area contributed by atoms with Gasteiger partial charge in [-0.1, -0.05) is 12.1 Å². The first kappa shape index (κ1) is 20.7. The first-order chi connectivity index (χ1) is 15.7. The van der Waals surface area contributed by atoms with Gasteiger partial charge in [-0.05, 0) is 54.8 Å². The molecule has 1 saturated heterocycles. The zero-order chi connectivity index (χ0) is 21.9. The van der Waals surface area contributed by atoms with Crippen LogP contribution in [0.3, 0.4) is 0 Å². The van der Waals surface area contributed by atoms with Crippen LogP contribution in [0.4, 0.5) is 11.5 Å². The molecule has 2 aliphatic rings. The summed E-state index contributed by atoms with van der Waals surface area (Å²) in [6.07, 6.45) is 2.05. The van der Waals surface area contributed by atoms with Crippen LogP contribution < -0.4 is 15.4 Å². The Bertz CT molecular complexity index is 1130. The van der Waals surface area contributed by atoms with Gasteiger partial charge in [-0.2, -0.15) is 0 Å².